The van der Waals surface area contributed by atoms with E-state index in [0.717, 1.165) is 29.1 Å². The van der Waals surface area contributed by atoms with Crippen molar-refractivity contribution in [2.75, 3.05) is 11.5 Å². The highest BCUT2D eigenvalue weighted by molar-refractivity contribution is 7.99. The molecule has 0 amide bonds. The van der Waals surface area contributed by atoms with Gasteiger partial charge >= 0.3 is 5.69 Å². The van der Waals surface area contributed by atoms with Gasteiger partial charge in [-0.15, -0.1) is 0 Å². The van der Waals surface area contributed by atoms with Crippen LogP contribution in [0.3, 0.4) is 0 Å². The molecule has 2 aromatic rings. The molecule has 98 valence electrons. The zero-order chi connectivity index (χ0) is 13.0. The van der Waals surface area contributed by atoms with E-state index in [1.165, 1.54) is 5.56 Å². The van der Waals surface area contributed by atoms with E-state index in [4.69, 9.17) is 0 Å². The molecular formula is C13H19N3OS. The van der Waals surface area contributed by atoms with Crippen molar-refractivity contribution in [3.63, 3.8) is 0 Å². The average molecular weight is 265 g/mol. The Hall–Kier alpha value is -1.20. The summed E-state index contributed by atoms with van der Waals surface area (Å²) in [5.41, 5.74) is 2.77. The van der Waals surface area contributed by atoms with E-state index in [9.17, 15) is 4.79 Å². The highest BCUT2D eigenvalue weighted by atomic mass is 32.2. The SMILES string of the molecule is CCSC[C@@H](C)NCc1ccc2[nH]c(=O)[nH]c2c1. The van der Waals surface area contributed by atoms with Gasteiger partial charge in [-0.2, -0.15) is 11.8 Å². The summed E-state index contributed by atoms with van der Waals surface area (Å²) < 4.78 is 0. The van der Waals surface area contributed by atoms with Crippen molar-refractivity contribution in [1.82, 2.24) is 15.3 Å². The molecule has 0 aliphatic heterocycles. The molecule has 0 unspecified atom stereocenters. The van der Waals surface area contributed by atoms with E-state index >= 15 is 0 Å². The highest BCUT2D eigenvalue weighted by Crippen LogP contribution is 2.10. The number of hydrogen-bond donors (Lipinski definition) is 3. The summed E-state index contributed by atoms with van der Waals surface area (Å²) in [6.45, 7) is 5.20. The van der Waals surface area contributed by atoms with Crippen LogP contribution < -0.4 is 11.0 Å². The number of imidazole rings is 1. The molecule has 3 N–H and O–H groups in total. The third kappa shape index (κ3) is 3.40. The third-order valence-electron chi connectivity index (χ3n) is 2.81. The molecule has 0 fully saturated rings. The van der Waals surface area contributed by atoms with E-state index in [1.54, 1.807) is 0 Å². The fourth-order valence-electron chi connectivity index (χ4n) is 1.84. The lowest BCUT2D eigenvalue weighted by atomic mass is 10.2. The van der Waals surface area contributed by atoms with Gasteiger partial charge < -0.3 is 15.3 Å². The van der Waals surface area contributed by atoms with E-state index < -0.39 is 0 Å². The van der Waals surface area contributed by atoms with E-state index in [1.807, 2.05) is 30.0 Å². The number of thioether (sulfide) groups is 1. The number of nitrogens with one attached hydrogen (secondary N) is 3. The first-order valence-corrected chi connectivity index (χ1v) is 7.36. The Balaban J connectivity index is 1.97. The summed E-state index contributed by atoms with van der Waals surface area (Å²) in [5.74, 6) is 2.28. The predicted molar refractivity (Wildman–Crippen MR) is 78.2 cm³/mol. The van der Waals surface area contributed by atoms with Crippen molar-refractivity contribution >= 4 is 22.8 Å². The maximum atomic E-state index is 11.2. The van der Waals surface area contributed by atoms with Crippen LogP contribution in [0.4, 0.5) is 0 Å². The molecular weight excluding hydrogens is 246 g/mol. The second-order valence-corrected chi connectivity index (χ2v) is 5.72. The van der Waals surface area contributed by atoms with Crippen LogP contribution in [-0.2, 0) is 6.54 Å². The molecule has 0 aliphatic carbocycles. The predicted octanol–water partition coefficient (Wildman–Crippen LogP) is 2.09. The number of aromatic nitrogens is 2. The molecule has 0 saturated carbocycles. The van der Waals surface area contributed by atoms with Crippen molar-refractivity contribution in [3.05, 3.63) is 34.2 Å². The molecule has 0 aliphatic rings. The molecule has 2 rings (SSSR count). The molecule has 18 heavy (non-hydrogen) atoms. The Morgan fingerprint density at radius 2 is 2.11 bits per heavy atom. The smallest absolute Gasteiger partial charge is 0.309 e. The third-order valence-corrected chi connectivity index (χ3v) is 3.95. The first-order valence-electron chi connectivity index (χ1n) is 6.21. The molecule has 0 saturated heterocycles. The van der Waals surface area contributed by atoms with Crippen molar-refractivity contribution in [2.24, 2.45) is 0 Å². The molecule has 1 heterocycles. The van der Waals surface area contributed by atoms with Gasteiger partial charge in [-0.1, -0.05) is 13.0 Å². The Morgan fingerprint density at radius 1 is 1.33 bits per heavy atom. The maximum Gasteiger partial charge on any atom is 0.323 e. The van der Waals surface area contributed by atoms with Crippen LogP contribution in [-0.4, -0.2) is 27.5 Å². The minimum Gasteiger partial charge on any atom is -0.309 e. The molecule has 1 aromatic heterocycles. The van der Waals surface area contributed by atoms with Crippen LogP contribution in [0.5, 0.6) is 0 Å². The minimum atomic E-state index is -0.150. The van der Waals surface area contributed by atoms with E-state index in [-0.39, 0.29) is 5.69 Å². The molecule has 0 radical (unpaired) electrons. The summed E-state index contributed by atoms with van der Waals surface area (Å²) in [5, 5.41) is 3.48. The molecule has 1 aromatic carbocycles. The van der Waals surface area contributed by atoms with Crippen LogP contribution in [0.2, 0.25) is 0 Å². The van der Waals surface area contributed by atoms with Crippen LogP contribution in [0.1, 0.15) is 19.4 Å². The summed E-state index contributed by atoms with van der Waals surface area (Å²) in [6, 6.07) is 6.49. The van der Waals surface area contributed by atoms with E-state index in [0.29, 0.717) is 6.04 Å². The lowest BCUT2D eigenvalue weighted by Crippen LogP contribution is -2.27. The van der Waals surface area contributed by atoms with Crippen molar-refractivity contribution in [3.8, 4) is 0 Å². The van der Waals surface area contributed by atoms with Crippen molar-refractivity contribution in [1.29, 1.82) is 0 Å². The average Bonchev–Trinajstić information content (AvgIpc) is 2.73. The van der Waals surface area contributed by atoms with Gasteiger partial charge in [-0.05, 0) is 30.4 Å². The fraction of sp³-hybridized carbons (Fsp3) is 0.462. The molecule has 0 spiro atoms. The lowest BCUT2D eigenvalue weighted by molar-refractivity contribution is 0.596. The van der Waals surface area contributed by atoms with Crippen LogP contribution >= 0.6 is 11.8 Å². The number of fused-ring (bicyclic) bond motifs is 1. The van der Waals surface area contributed by atoms with Gasteiger partial charge in [0.05, 0.1) is 11.0 Å². The van der Waals surface area contributed by atoms with Gasteiger partial charge in [-0.25, -0.2) is 4.79 Å². The van der Waals surface area contributed by atoms with Gasteiger partial charge in [0.15, 0.2) is 0 Å². The second-order valence-electron chi connectivity index (χ2n) is 4.40. The summed E-state index contributed by atoms with van der Waals surface area (Å²) >= 11 is 1.94. The van der Waals surface area contributed by atoms with Crippen LogP contribution in [0.25, 0.3) is 11.0 Å². The Labute approximate surface area is 111 Å². The van der Waals surface area contributed by atoms with Gasteiger partial charge in [0, 0.05) is 18.3 Å². The monoisotopic (exact) mass is 265 g/mol. The fourth-order valence-corrected chi connectivity index (χ4v) is 2.54. The Bertz CT molecular complexity index is 561. The Kier molecular flexibility index (Phi) is 4.49. The minimum absolute atomic E-state index is 0.150. The lowest BCUT2D eigenvalue weighted by Gasteiger charge is -2.12. The summed E-state index contributed by atoms with van der Waals surface area (Å²) in [6.07, 6.45) is 0. The van der Waals surface area contributed by atoms with Crippen LogP contribution in [0.15, 0.2) is 23.0 Å². The second kappa shape index (κ2) is 6.11. The number of benzene rings is 1. The van der Waals surface area contributed by atoms with Gasteiger partial charge in [0.2, 0.25) is 0 Å². The Morgan fingerprint density at radius 3 is 2.89 bits per heavy atom. The normalized spacial score (nSPS) is 13.0. The first-order chi connectivity index (χ1) is 8.69. The number of aromatic amines is 2. The molecule has 1 atom stereocenters. The van der Waals surface area contributed by atoms with Gasteiger partial charge in [0.1, 0.15) is 0 Å². The number of H-pyrrole nitrogens is 2. The first kappa shape index (κ1) is 13.2. The van der Waals surface area contributed by atoms with Gasteiger partial charge in [-0.3, -0.25) is 0 Å². The zero-order valence-corrected chi connectivity index (χ0v) is 11.6. The van der Waals surface area contributed by atoms with Gasteiger partial charge in [0.25, 0.3) is 0 Å². The quantitative estimate of drug-likeness (QED) is 0.749. The van der Waals surface area contributed by atoms with E-state index in [2.05, 4.69) is 29.1 Å². The largest absolute Gasteiger partial charge is 0.323 e. The summed E-state index contributed by atoms with van der Waals surface area (Å²) in [4.78, 5) is 16.7. The number of rotatable bonds is 6. The number of hydrogen-bond acceptors (Lipinski definition) is 3. The maximum absolute atomic E-state index is 11.2. The standard InChI is InChI=1S/C13H19N3OS/c1-3-18-8-9(2)14-7-10-4-5-11-12(6-10)16-13(17)15-11/h4-6,9,14H,3,7-8H2,1-2H3,(H2,15,16,17)/t9-/m1/s1. The highest BCUT2D eigenvalue weighted by Gasteiger charge is 2.03. The molecule has 4 nitrogen and oxygen atoms in total. The van der Waals surface area contributed by atoms with Crippen LogP contribution in [0, 0.1) is 0 Å². The van der Waals surface area contributed by atoms with Crippen molar-refractivity contribution < 1.29 is 0 Å². The zero-order valence-electron chi connectivity index (χ0n) is 10.7. The topological polar surface area (TPSA) is 60.7 Å². The molecule has 5 heteroatoms. The molecule has 0 bridgehead atoms. The summed E-state index contributed by atoms with van der Waals surface area (Å²) in [7, 11) is 0. The van der Waals surface area contributed by atoms with Crippen molar-refractivity contribution in [2.45, 2.75) is 26.4 Å².